The minimum Gasteiger partial charge on any atom is -0.360 e. The minimum absolute atomic E-state index is 0.0126. The SMILES string of the molecule is Cc1noc(C)c1S(=O)(=O)N1CCC[C@H](C(=O)N2CCc3ccccc32)C1. The van der Waals surface area contributed by atoms with Crippen molar-refractivity contribution in [2.24, 2.45) is 5.92 Å². The fraction of sp³-hybridized carbons (Fsp3) is 0.474. The van der Waals surface area contributed by atoms with E-state index in [2.05, 4.69) is 5.16 Å². The summed E-state index contributed by atoms with van der Waals surface area (Å²) in [6, 6.07) is 7.91. The first kappa shape index (κ1) is 18.2. The van der Waals surface area contributed by atoms with E-state index in [0.29, 0.717) is 31.6 Å². The molecule has 1 saturated heterocycles. The number of hydrogen-bond acceptors (Lipinski definition) is 5. The number of aryl methyl sites for hydroxylation is 2. The van der Waals surface area contributed by atoms with Crippen LogP contribution in [-0.2, 0) is 21.2 Å². The Bertz CT molecular complexity index is 963. The van der Waals surface area contributed by atoms with Crippen LogP contribution >= 0.6 is 0 Å². The van der Waals surface area contributed by atoms with E-state index in [1.165, 1.54) is 9.87 Å². The van der Waals surface area contributed by atoms with Gasteiger partial charge in [-0.2, -0.15) is 4.31 Å². The van der Waals surface area contributed by atoms with E-state index >= 15 is 0 Å². The Labute approximate surface area is 159 Å². The molecular weight excluding hydrogens is 366 g/mol. The number of para-hydroxylation sites is 1. The highest BCUT2D eigenvalue weighted by Gasteiger charge is 2.38. The molecule has 1 aromatic carbocycles. The van der Waals surface area contributed by atoms with Crippen LogP contribution in [0.2, 0.25) is 0 Å². The van der Waals surface area contributed by atoms with Crippen molar-refractivity contribution in [1.29, 1.82) is 0 Å². The monoisotopic (exact) mass is 389 g/mol. The van der Waals surface area contributed by atoms with Crippen LogP contribution in [0, 0.1) is 19.8 Å². The molecule has 2 aliphatic heterocycles. The number of benzene rings is 1. The van der Waals surface area contributed by atoms with Gasteiger partial charge in [-0.15, -0.1) is 0 Å². The molecule has 0 bridgehead atoms. The maximum absolute atomic E-state index is 13.1. The van der Waals surface area contributed by atoms with Crippen LogP contribution in [0.5, 0.6) is 0 Å². The van der Waals surface area contributed by atoms with Crippen molar-refractivity contribution in [2.75, 3.05) is 24.5 Å². The van der Waals surface area contributed by atoms with E-state index in [-0.39, 0.29) is 29.0 Å². The van der Waals surface area contributed by atoms with Crippen molar-refractivity contribution in [3.63, 3.8) is 0 Å². The summed E-state index contributed by atoms with van der Waals surface area (Å²) in [7, 11) is -3.72. The summed E-state index contributed by atoms with van der Waals surface area (Å²) in [5, 5.41) is 3.76. The van der Waals surface area contributed by atoms with Gasteiger partial charge in [-0.3, -0.25) is 4.79 Å². The van der Waals surface area contributed by atoms with E-state index in [9.17, 15) is 13.2 Å². The lowest BCUT2D eigenvalue weighted by Crippen LogP contribution is -2.46. The third kappa shape index (κ3) is 3.06. The number of nitrogens with zero attached hydrogens (tertiary/aromatic N) is 3. The summed E-state index contributed by atoms with van der Waals surface area (Å²) in [6.45, 7) is 4.49. The second kappa shape index (κ2) is 6.76. The molecule has 1 fully saturated rings. The molecule has 0 N–H and O–H groups in total. The molecule has 8 heteroatoms. The number of aromatic nitrogens is 1. The molecule has 0 saturated carbocycles. The molecule has 27 heavy (non-hydrogen) atoms. The Kier molecular flexibility index (Phi) is 4.55. The second-order valence-electron chi connectivity index (χ2n) is 7.22. The second-order valence-corrected chi connectivity index (χ2v) is 9.10. The van der Waals surface area contributed by atoms with Gasteiger partial charge in [0.25, 0.3) is 0 Å². The van der Waals surface area contributed by atoms with Gasteiger partial charge < -0.3 is 9.42 Å². The first-order chi connectivity index (χ1) is 12.9. The summed E-state index contributed by atoms with van der Waals surface area (Å²) in [5.41, 5.74) is 2.48. The maximum Gasteiger partial charge on any atom is 0.248 e. The van der Waals surface area contributed by atoms with Crippen LogP contribution in [0.3, 0.4) is 0 Å². The topological polar surface area (TPSA) is 83.7 Å². The smallest absolute Gasteiger partial charge is 0.248 e. The molecule has 144 valence electrons. The number of rotatable bonds is 3. The van der Waals surface area contributed by atoms with Crippen molar-refractivity contribution in [2.45, 2.75) is 38.0 Å². The minimum atomic E-state index is -3.72. The number of carbonyl (C=O) groups excluding carboxylic acids is 1. The molecule has 2 aliphatic rings. The largest absolute Gasteiger partial charge is 0.360 e. The van der Waals surface area contributed by atoms with Crippen molar-refractivity contribution in [3.8, 4) is 0 Å². The first-order valence-corrected chi connectivity index (χ1v) is 10.7. The number of amides is 1. The molecule has 0 spiro atoms. The van der Waals surface area contributed by atoms with Gasteiger partial charge in [-0.25, -0.2) is 8.42 Å². The predicted molar refractivity (Wildman–Crippen MR) is 100.0 cm³/mol. The van der Waals surface area contributed by atoms with Crippen molar-refractivity contribution in [3.05, 3.63) is 41.3 Å². The average Bonchev–Trinajstić information content (AvgIpc) is 3.24. The summed E-state index contributed by atoms with van der Waals surface area (Å²) < 4.78 is 32.6. The van der Waals surface area contributed by atoms with Crippen molar-refractivity contribution in [1.82, 2.24) is 9.46 Å². The zero-order valence-corrected chi connectivity index (χ0v) is 16.3. The normalized spacial score (nSPS) is 20.7. The standard InChI is InChI=1S/C19H23N3O4S/c1-13-18(14(2)26-20-13)27(24,25)21-10-5-7-16(12-21)19(23)22-11-9-15-6-3-4-8-17(15)22/h3-4,6,8,16H,5,7,9-12H2,1-2H3/t16-/m0/s1. The van der Waals surface area contributed by atoms with Crippen LogP contribution in [0.4, 0.5) is 5.69 Å². The third-order valence-corrected chi connectivity index (χ3v) is 7.56. The van der Waals surface area contributed by atoms with Gasteiger partial charge in [0, 0.05) is 25.3 Å². The molecule has 0 unspecified atom stereocenters. The number of sulfonamides is 1. The number of anilines is 1. The Morgan fingerprint density at radius 1 is 1.22 bits per heavy atom. The molecule has 1 amide bonds. The summed E-state index contributed by atoms with van der Waals surface area (Å²) in [4.78, 5) is 15.1. The van der Waals surface area contributed by atoms with E-state index in [1.54, 1.807) is 13.8 Å². The number of hydrogen-bond donors (Lipinski definition) is 0. The van der Waals surface area contributed by atoms with Crippen LogP contribution in [-0.4, -0.2) is 43.4 Å². The fourth-order valence-corrected chi connectivity index (χ4v) is 5.94. The fourth-order valence-electron chi connectivity index (χ4n) is 4.12. The van der Waals surface area contributed by atoms with Crippen LogP contribution in [0.1, 0.15) is 29.9 Å². The van der Waals surface area contributed by atoms with Crippen molar-refractivity contribution >= 4 is 21.6 Å². The van der Waals surface area contributed by atoms with Crippen LogP contribution < -0.4 is 4.90 Å². The van der Waals surface area contributed by atoms with Gasteiger partial charge in [0.05, 0.1) is 5.92 Å². The zero-order valence-electron chi connectivity index (χ0n) is 15.5. The highest BCUT2D eigenvalue weighted by Crippen LogP contribution is 2.32. The average molecular weight is 389 g/mol. The summed E-state index contributed by atoms with van der Waals surface area (Å²) >= 11 is 0. The van der Waals surface area contributed by atoms with Gasteiger partial charge in [-0.1, -0.05) is 23.4 Å². The lowest BCUT2D eigenvalue weighted by atomic mass is 9.98. The Morgan fingerprint density at radius 2 is 2.00 bits per heavy atom. The van der Waals surface area contributed by atoms with Gasteiger partial charge in [0.15, 0.2) is 5.76 Å². The molecule has 0 radical (unpaired) electrons. The molecule has 3 heterocycles. The third-order valence-electron chi connectivity index (χ3n) is 5.45. The van der Waals surface area contributed by atoms with Gasteiger partial charge >= 0.3 is 0 Å². The summed E-state index contributed by atoms with van der Waals surface area (Å²) in [5.74, 6) is -0.0341. The van der Waals surface area contributed by atoms with E-state index in [1.807, 2.05) is 29.2 Å². The van der Waals surface area contributed by atoms with E-state index in [4.69, 9.17) is 4.52 Å². The number of fused-ring (bicyclic) bond motifs is 1. The first-order valence-electron chi connectivity index (χ1n) is 9.22. The van der Waals surface area contributed by atoms with Crippen LogP contribution in [0.25, 0.3) is 0 Å². The van der Waals surface area contributed by atoms with Gasteiger partial charge in [0.2, 0.25) is 15.9 Å². The van der Waals surface area contributed by atoms with Crippen molar-refractivity contribution < 1.29 is 17.7 Å². The quantitative estimate of drug-likeness (QED) is 0.804. The molecule has 7 nitrogen and oxygen atoms in total. The lowest BCUT2D eigenvalue weighted by Gasteiger charge is -2.33. The van der Waals surface area contributed by atoms with Crippen LogP contribution in [0.15, 0.2) is 33.7 Å². The van der Waals surface area contributed by atoms with E-state index in [0.717, 1.165) is 12.1 Å². The molecule has 1 atom stereocenters. The number of carbonyl (C=O) groups is 1. The highest BCUT2D eigenvalue weighted by atomic mass is 32.2. The lowest BCUT2D eigenvalue weighted by molar-refractivity contribution is -0.123. The Morgan fingerprint density at radius 3 is 2.74 bits per heavy atom. The molecule has 4 rings (SSSR count). The molecule has 0 aliphatic carbocycles. The van der Waals surface area contributed by atoms with Gasteiger partial charge in [-0.05, 0) is 44.7 Å². The van der Waals surface area contributed by atoms with Gasteiger partial charge in [0.1, 0.15) is 10.6 Å². The number of piperidine rings is 1. The Hall–Kier alpha value is -2.19. The van der Waals surface area contributed by atoms with E-state index < -0.39 is 10.0 Å². The molecular formula is C19H23N3O4S. The zero-order chi connectivity index (χ0) is 19.2. The Balaban J connectivity index is 1.56. The molecule has 2 aromatic rings. The predicted octanol–water partition coefficient (Wildman–Crippen LogP) is 2.28. The highest BCUT2D eigenvalue weighted by molar-refractivity contribution is 7.89. The molecule has 1 aromatic heterocycles. The summed E-state index contributed by atoms with van der Waals surface area (Å²) in [6.07, 6.45) is 2.20. The maximum atomic E-state index is 13.1.